The van der Waals surface area contributed by atoms with Crippen molar-refractivity contribution in [2.45, 2.75) is 44.2 Å². The summed E-state index contributed by atoms with van der Waals surface area (Å²) < 4.78 is 19.5. The molecule has 0 aromatic heterocycles. The molecule has 23 heavy (non-hydrogen) atoms. The Morgan fingerprint density at radius 3 is 2.70 bits per heavy atom. The first kappa shape index (κ1) is 16.5. The number of rotatable bonds is 7. The number of amides is 1. The van der Waals surface area contributed by atoms with E-state index in [0.29, 0.717) is 24.1 Å². The minimum absolute atomic E-state index is 0.00794. The Balaban J connectivity index is 1.84. The van der Waals surface area contributed by atoms with E-state index in [1.807, 2.05) is 6.07 Å². The van der Waals surface area contributed by atoms with E-state index in [4.69, 9.17) is 22.1 Å². The normalized spacial score (nSPS) is 19.4. The van der Waals surface area contributed by atoms with Gasteiger partial charge in [-0.15, -0.1) is 0 Å². The summed E-state index contributed by atoms with van der Waals surface area (Å²) in [5.74, 6) is 0.102. The van der Waals surface area contributed by atoms with Crippen LogP contribution in [0.5, 0.6) is 0 Å². The molecule has 2 aliphatic carbocycles. The molecule has 1 unspecified atom stereocenters. The van der Waals surface area contributed by atoms with E-state index in [-0.39, 0.29) is 23.5 Å². The van der Waals surface area contributed by atoms with Gasteiger partial charge in [0.2, 0.25) is 0 Å². The quantitative estimate of drug-likeness (QED) is 0.819. The molecular weight excluding hydrogens is 319 g/mol. The monoisotopic (exact) mass is 340 g/mol. The molecule has 1 aromatic carbocycles. The zero-order valence-electron chi connectivity index (χ0n) is 13.0. The standard InChI is InChI=1S/C17H22ClFN2O2/c18-14-6-2-5-13(15(14)19)16(11-3-1-4-11)21(12-7-8-12)9-10-23-17(20)22/h2,5-6,11-12,16H,1,3-4,7-10H2,(H2,20,22). The minimum Gasteiger partial charge on any atom is -0.448 e. The highest BCUT2D eigenvalue weighted by Crippen LogP contribution is 2.46. The zero-order valence-corrected chi connectivity index (χ0v) is 13.8. The second-order valence-electron chi connectivity index (χ2n) is 6.42. The summed E-state index contributed by atoms with van der Waals surface area (Å²) in [5, 5.41) is 0.163. The second kappa shape index (κ2) is 7.05. The van der Waals surface area contributed by atoms with Gasteiger partial charge in [0, 0.05) is 24.2 Å². The van der Waals surface area contributed by atoms with Crippen molar-refractivity contribution in [2.75, 3.05) is 13.2 Å². The first-order valence-electron chi connectivity index (χ1n) is 8.20. The van der Waals surface area contributed by atoms with Gasteiger partial charge in [-0.05, 0) is 37.7 Å². The van der Waals surface area contributed by atoms with Crippen LogP contribution in [0.25, 0.3) is 0 Å². The predicted octanol–water partition coefficient (Wildman–Crippen LogP) is 3.88. The van der Waals surface area contributed by atoms with Crippen molar-refractivity contribution in [3.05, 3.63) is 34.6 Å². The molecule has 0 aliphatic heterocycles. The summed E-state index contributed by atoms with van der Waals surface area (Å²) >= 11 is 5.99. The molecule has 0 spiro atoms. The van der Waals surface area contributed by atoms with E-state index in [1.54, 1.807) is 12.1 Å². The van der Waals surface area contributed by atoms with Crippen LogP contribution in [0, 0.1) is 11.7 Å². The maximum Gasteiger partial charge on any atom is 0.404 e. The van der Waals surface area contributed by atoms with Crippen LogP contribution in [0.15, 0.2) is 18.2 Å². The van der Waals surface area contributed by atoms with E-state index in [9.17, 15) is 9.18 Å². The topological polar surface area (TPSA) is 55.6 Å². The van der Waals surface area contributed by atoms with E-state index >= 15 is 0 Å². The summed E-state index contributed by atoms with van der Waals surface area (Å²) in [6.45, 7) is 0.804. The molecule has 2 N–H and O–H groups in total. The molecule has 2 fully saturated rings. The van der Waals surface area contributed by atoms with Crippen molar-refractivity contribution in [1.29, 1.82) is 0 Å². The molecule has 0 saturated heterocycles. The minimum atomic E-state index is -0.769. The molecule has 4 nitrogen and oxygen atoms in total. The van der Waals surface area contributed by atoms with Crippen molar-refractivity contribution in [2.24, 2.45) is 11.7 Å². The number of benzene rings is 1. The predicted molar refractivity (Wildman–Crippen MR) is 86.8 cm³/mol. The Morgan fingerprint density at radius 1 is 1.39 bits per heavy atom. The van der Waals surface area contributed by atoms with Gasteiger partial charge < -0.3 is 10.5 Å². The third-order valence-corrected chi connectivity index (χ3v) is 5.16. The lowest BCUT2D eigenvalue weighted by atomic mass is 9.76. The molecule has 3 rings (SSSR count). The molecule has 6 heteroatoms. The third-order valence-electron chi connectivity index (χ3n) is 4.86. The van der Waals surface area contributed by atoms with Gasteiger partial charge in [0.25, 0.3) is 0 Å². The highest BCUT2D eigenvalue weighted by Gasteiger charge is 2.41. The van der Waals surface area contributed by atoms with Crippen molar-refractivity contribution >= 4 is 17.7 Å². The van der Waals surface area contributed by atoms with Crippen LogP contribution in [-0.2, 0) is 4.74 Å². The molecule has 126 valence electrons. The maximum atomic E-state index is 14.6. The average molecular weight is 341 g/mol. The van der Waals surface area contributed by atoms with Crippen LogP contribution in [0.2, 0.25) is 5.02 Å². The first-order valence-corrected chi connectivity index (χ1v) is 8.57. The molecule has 0 bridgehead atoms. The van der Waals surface area contributed by atoms with Gasteiger partial charge in [-0.1, -0.05) is 30.2 Å². The van der Waals surface area contributed by atoms with Crippen molar-refractivity contribution in [3.8, 4) is 0 Å². The highest BCUT2D eigenvalue weighted by molar-refractivity contribution is 6.30. The number of halogens is 2. The fourth-order valence-corrected chi connectivity index (χ4v) is 3.60. The largest absolute Gasteiger partial charge is 0.448 e. The molecule has 2 saturated carbocycles. The zero-order chi connectivity index (χ0) is 16.4. The SMILES string of the molecule is NC(=O)OCCN(C1CC1)C(c1cccc(Cl)c1F)C1CCC1. The van der Waals surface area contributed by atoms with Crippen LogP contribution < -0.4 is 5.73 Å². The Hall–Kier alpha value is -1.33. The fourth-order valence-electron chi connectivity index (χ4n) is 3.41. The first-order chi connectivity index (χ1) is 11.1. The lowest BCUT2D eigenvalue weighted by Crippen LogP contribution is -2.40. The summed E-state index contributed by atoms with van der Waals surface area (Å²) in [7, 11) is 0. The highest BCUT2D eigenvalue weighted by atomic mass is 35.5. The van der Waals surface area contributed by atoms with Crippen LogP contribution in [0.4, 0.5) is 9.18 Å². The van der Waals surface area contributed by atoms with Crippen molar-refractivity contribution in [1.82, 2.24) is 4.90 Å². The number of hydrogen-bond acceptors (Lipinski definition) is 3. The average Bonchev–Trinajstić information content (AvgIpc) is 3.27. The molecule has 1 aromatic rings. The number of nitrogens with two attached hydrogens (primary N) is 1. The Kier molecular flexibility index (Phi) is 5.07. The van der Waals surface area contributed by atoms with Gasteiger partial charge >= 0.3 is 6.09 Å². The molecular formula is C17H22ClFN2O2. The number of hydrogen-bond donors (Lipinski definition) is 1. The number of carbonyl (C=O) groups is 1. The van der Waals surface area contributed by atoms with Crippen LogP contribution in [0.3, 0.4) is 0 Å². The number of carbonyl (C=O) groups excluding carboxylic acids is 1. The van der Waals surface area contributed by atoms with E-state index in [0.717, 1.165) is 25.7 Å². The Bertz CT molecular complexity index is 576. The molecule has 1 atom stereocenters. The lowest BCUT2D eigenvalue weighted by molar-refractivity contribution is 0.0618. The van der Waals surface area contributed by atoms with E-state index < -0.39 is 6.09 Å². The van der Waals surface area contributed by atoms with Gasteiger partial charge in [-0.2, -0.15) is 0 Å². The number of primary amides is 1. The van der Waals surface area contributed by atoms with Crippen LogP contribution >= 0.6 is 11.6 Å². The molecule has 2 aliphatic rings. The lowest BCUT2D eigenvalue weighted by Gasteiger charge is -2.42. The third kappa shape index (κ3) is 3.78. The van der Waals surface area contributed by atoms with Gasteiger partial charge in [0.15, 0.2) is 0 Å². The van der Waals surface area contributed by atoms with Crippen molar-refractivity contribution in [3.63, 3.8) is 0 Å². The summed E-state index contributed by atoms with van der Waals surface area (Å²) in [4.78, 5) is 13.1. The van der Waals surface area contributed by atoms with E-state index in [2.05, 4.69) is 4.90 Å². The smallest absolute Gasteiger partial charge is 0.404 e. The van der Waals surface area contributed by atoms with E-state index in [1.165, 1.54) is 6.42 Å². The second-order valence-corrected chi connectivity index (χ2v) is 6.82. The van der Waals surface area contributed by atoms with Crippen LogP contribution in [-0.4, -0.2) is 30.2 Å². The van der Waals surface area contributed by atoms with Gasteiger partial charge in [-0.25, -0.2) is 9.18 Å². The molecule has 0 heterocycles. The number of nitrogens with zero attached hydrogens (tertiary/aromatic N) is 1. The summed E-state index contributed by atoms with van der Waals surface area (Å²) in [6, 6.07) is 5.63. The molecule has 0 radical (unpaired) electrons. The molecule has 1 amide bonds. The van der Waals surface area contributed by atoms with Crippen molar-refractivity contribution < 1.29 is 13.9 Å². The fraction of sp³-hybridized carbons (Fsp3) is 0.588. The van der Waals surface area contributed by atoms with Gasteiger partial charge in [0.05, 0.1) is 5.02 Å². The Labute approximate surface area is 140 Å². The Morgan fingerprint density at radius 2 is 2.13 bits per heavy atom. The summed E-state index contributed by atoms with van der Waals surface area (Å²) in [5.41, 5.74) is 5.70. The number of ether oxygens (including phenoxy) is 1. The van der Waals surface area contributed by atoms with Gasteiger partial charge in [0.1, 0.15) is 12.4 Å². The summed E-state index contributed by atoms with van der Waals surface area (Å²) in [6.07, 6.45) is 4.80. The maximum absolute atomic E-state index is 14.6. The van der Waals surface area contributed by atoms with Gasteiger partial charge in [-0.3, -0.25) is 4.90 Å². The van der Waals surface area contributed by atoms with Crippen LogP contribution in [0.1, 0.15) is 43.7 Å².